The number of amides is 1. The first-order chi connectivity index (χ1) is 15.6. The number of nitrogens with one attached hydrogen (secondary N) is 1. The number of thioether (sulfide) groups is 1. The minimum absolute atomic E-state index is 0.262. The van der Waals surface area contributed by atoms with Crippen LogP contribution in [0.25, 0.3) is 10.9 Å². The lowest BCUT2D eigenvalue weighted by Gasteiger charge is -2.18. The van der Waals surface area contributed by atoms with E-state index in [9.17, 15) is 22.8 Å². The molecule has 33 heavy (non-hydrogen) atoms. The van der Waals surface area contributed by atoms with Gasteiger partial charge in [0.1, 0.15) is 0 Å². The van der Waals surface area contributed by atoms with Gasteiger partial charge in [0.05, 0.1) is 27.4 Å². The number of aromatic nitrogens is 2. The molecule has 0 fully saturated rings. The van der Waals surface area contributed by atoms with E-state index in [4.69, 9.17) is 16.3 Å². The molecule has 1 heterocycles. The zero-order valence-corrected chi connectivity index (χ0v) is 19.4. The highest BCUT2D eigenvalue weighted by molar-refractivity contribution is 8.00. The van der Waals surface area contributed by atoms with Gasteiger partial charge in [0.15, 0.2) is 5.16 Å². The minimum atomic E-state index is -4.61. The third-order valence-corrected chi connectivity index (χ3v) is 6.08. The molecule has 0 bridgehead atoms. The van der Waals surface area contributed by atoms with E-state index in [0.29, 0.717) is 35.5 Å². The fraction of sp³-hybridized carbons (Fsp3) is 0.318. The van der Waals surface area contributed by atoms with Crippen LogP contribution >= 0.6 is 23.4 Å². The SMILES string of the molecule is COCCCn1c(SC(C)C(=O)Nc2ccccc2C(F)(F)F)nc2cc(Cl)ccc2c1=O. The summed E-state index contributed by atoms with van der Waals surface area (Å²) in [7, 11) is 1.55. The van der Waals surface area contributed by atoms with Crippen LogP contribution in [0, 0.1) is 0 Å². The monoisotopic (exact) mass is 499 g/mol. The maximum Gasteiger partial charge on any atom is 0.418 e. The normalized spacial score (nSPS) is 12.7. The van der Waals surface area contributed by atoms with Crippen molar-refractivity contribution in [1.82, 2.24) is 9.55 Å². The summed E-state index contributed by atoms with van der Waals surface area (Å²) < 4.78 is 46.2. The van der Waals surface area contributed by atoms with Crippen LogP contribution < -0.4 is 10.9 Å². The molecule has 176 valence electrons. The zero-order chi connectivity index (χ0) is 24.2. The molecule has 11 heteroatoms. The number of benzene rings is 2. The van der Waals surface area contributed by atoms with Crippen molar-refractivity contribution in [1.29, 1.82) is 0 Å². The number of para-hydroxylation sites is 1. The average molecular weight is 500 g/mol. The molecule has 0 saturated heterocycles. The summed E-state index contributed by atoms with van der Waals surface area (Å²) in [6.45, 7) is 2.25. The standard InChI is InChI=1S/C22H21ClF3N3O3S/c1-13(19(30)27-17-7-4-3-6-16(17)22(24,25)26)33-21-28-18-12-14(23)8-9-15(18)20(31)29(21)10-5-11-32-2/h3-4,6-9,12-13H,5,10-11H2,1-2H3,(H,27,30). The third kappa shape index (κ3) is 6.07. The van der Waals surface area contributed by atoms with Crippen molar-refractivity contribution in [2.45, 2.75) is 36.5 Å². The number of halogens is 4. The first-order valence-electron chi connectivity index (χ1n) is 9.94. The van der Waals surface area contributed by atoms with E-state index in [2.05, 4.69) is 10.3 Å². The molecule has 0 saturated carbocycles. The van der Waals surface area contributed by atoms with E-state index in [-0.39, 0.29) is 16.4 Å². The summed E-state index contributed by atoms with van der Waals surface area (Å²) in [6, 6.07) is 9.47. The lowest BCUT2D eigenvalue weighted by molar-refractivity contribution is -0.137. The van der Waals surface area contributed by atoms with Crippen LogP contribution in [0.2, 0.25) is 5.02 Å². The largest absolute Gasteiger partial charge is 0.418 e. The van der Waals surface area contributed by atoms with Gasteiger partial charge in [-0.3, -0.25) is 14.2 Å². The fourth-order valence-electron chi connectivity index (χ4n) is 3.11. The van der Waals surface area contributed by atoms with E-state index in [1.54, 1.807) is 25.3 Å². The van der Waals surface area contributed by atoms with Crippen molar-refractivity contribution in [3.63, 3.8) is 0 Å². The second-order valence-corrected chi connectivity index (χ2v) is 8.90. The molecule has 1 aromatic heterocycles. The number of anilines is 1. The van der Waals surface area contributed by atoms with Crippen LogP contribution in [0.1, 0.15) is 18.9 Å². The first-order valence-corrected chi connectivity index (χ1v) is 11.2. The Hall–Kier alpha value is -2.56. The Balaban J connectivity index is 1.90. The number of nitrogens with zero attached hydrogens (tertiary/aromatic N) is 2. The van der Waals surface area contributed by atoms with Crippen molar-refractivity contribution in [3.8, 4) is 0 Å². The van der Waals surface area contributed by atoms with Gasteiger partial charge in [0.25, 0.3) is 5.56 Å². The Labute approximate surface area is 197 Å². The number of hydrogen-bond acceptors (Lipinski definition) is 5. The number of fused-ring (bicyclic) bond motifs is 1. The average Bonchev–Trinajstić information content (AvgIpc) is 2.75. The van der Waals surface area contributed by atoms with Crippen molar-refractivity contribution in [2.24, 2.45) is 0 Å². The predicted octanol–water partition coefficient (Wildman–Crippen LogP) is 5.22. The molecule has 1 unspecified atom stereocenters. The van der Waals surface area contributed by atoms with Crippen LogP contribution in [-0.4, -0.2) is 34.4 Å². The number of alkyl halides is 3. The first kappa shape index (κ1) is 25.1. The summed E-state index contributed by atoms with van der Waals surface area (Å²) in [5, 5.41) is 2.52. The quantitative estimate of drug-likeness (QED) is 0.261. The van der Waals surface area contributed by atoms with Crippen LogP contribution in [-0.2, 0) is 22.3 Å². The smallest absolute Gasteiger partial charge is 0.385 e. The second kappa shape index (κ2) is 10.6. The van der Waals surface area contributed by atoms with Gasteiger partial charge in [-0.25, -0.2) is 4.98 Å². The topological polar surface area (TPSA) is 73.2 Å². The highest BCUT2D eigenvalue weighted by Gasteiger charge is 2.34. The molecule has 0 aliphatic heterocycles. The maximum absolute atomic E-state index is 13.2. The van der Waals surface area contributed by atoms with Gasteiger partial charge < -0.3 is 10.1 Å². The van der Waals surface area contributed by atoms with Gasteiger partial charge >= 0.3 is 6.18 Å². The molecule has 6 nitrogen and oxygen atoms in total. The molecule has 3 aromatic rings. The van der Waals surface area contributed by atoms with E-state index in [0.717, 1.165) is 17.8 Å². The fourth-order valence-corrected chi connectivity index (χ4v) is 4.21. The number of rotatable bonds is 8. The molecule has 0 spiro atoms. The Bertz CT molecular complexity index is 1220. The third-order valence-electron chi connectivity index (χ3n) is 4.75. The van der Waals surface area contributed by atoms with E-state index in [1.165, 1.54) is 29.7 Å². The van der Waals surface area contributed by atoms with Gasteiger partial charge in [0.2, 0.25) is 5.91 Å². The number of carbonyl (C=O) groups is 1. The Morgan fingerprint density at radius 3 is 2.70 bits per heavy atom. The van der Waals surface area contributed by atoms with Gasteiger partial charge in [-0.05, 0) is 43.7 Å². The summed E-state index contributed by atoms with van der Waals surface area (Å²) in [6.07, 6.45) is -4.08. The van der Waals surface area contributed by atoms with E-state index < -0.39 is 22.9 Å². The highest BCUT2D eigenvalue weighted by atomic mass is 35.5. The number of hydrogen-bond donors (Lipinski definition) is 1. The molecule has 0 radical (unpaired) electrons. The van der Waals surface area contributed by atoms with Gasteiger partial charge in [-0.15, -0.1) is 0 Å². The van der Waals surface area contributed by atoms with Gasteiger partial charge in [-0.1, -0.05) is 35.5 Å². The van der Waals surface area contributed by atoms with Crippen LogP contribution in [0.5, 0.6) is 0 Å². The zero-order valence-electron chi connectivity index (χ0n) is 17.8. The number of carbonyl (C=O) groups excluding carboxylic acids is 1. The molecule has 1 atom stereocenters. The van der Waals surface area contributed by atoms with Gasteiger partial charge in [-0.2, -0.15) is 13.2 Å². The van der Waals surface area contributed by atoms with E-state index in [1.807, 2.05) is 0 Å². The molecule has 2 aromatic carbocycles. The molecule has 3 rings (SSSR count). The molecule has 0 aliphatic rings. The highest BCUT2D eigenvalue weighted by Crippen LogP contribution is 2.35. The molecule has 1 N–H and O–H groups in total. The van der Waals surface area contributed by atoms with Crippen molar-refractivity contribution < 1.29 is 22.7 Å². The Morgan fingerprint density at radius 1 is 1.27 bits per heavy atom. The predicted molar refractivity (Wildman–Crippen MR) is 123 cm³/mol. The Morgan fingerprint density at radius 2 is 2.00 bits per heavy atom. The van der Waals surface area contributed by atoms with E-state index >= 15 is 0 Å². The van der Waals surface area contributed by atoms with Gasteiger partial charge in [0, 0.05) is 25.3 Å². The summed E-state index contributed by atoms with van der Waals surface area (Å²) in [5.74, 6) is -0.652. The molecule has 1 amide bonds. The second-order valence-electron chi connectivity index (χ2n) is 7.15. The summed E-state index contributed by atoms with van der Waals surface area (Å²) >= 11 is 7.01. The summed E-state index contributed by atoms with van der Waals surface area (Å²) in [4.78, 5) is 30.3. The lowest BCUT2D eigenvalue weighted by Crippen LogP contribution is -2.28. The summed E-state index contributed by atoms with van der Waals surface area (Å²) in [5.41, 5.74) is -1.21. The number of methoxy groups -OCH3 is 1. The molecule has 0 aliphatic carbocycles. The van der Waals surface area contributed by atoms with Crippen LogP contribution in [0.3, 0.4) is 0 Å². The van der Waals surface area contributed by atoms with Crippen molar-refractivity contribution >= 4 is 45.9 Å². The lowest BCUT2D eigenvalue weighted by atomic mass is 10.1. The molecular weight excluding hydrogens is 479 g/mol. The van der Waals surface area contributed by atoms with Crippen molar-refractivity contribution in [2.75, 3.05) is 19.0 Å². The maximum atomic E-state index is 13.2. The van der Waals surface area contributed by atoms with Crippen LogP contribution in [0.4, 0.5) is 18.9 Å². The van der Waals surface area contributed by atoms with Crippen molar-refractivity contribution in [3.05, 3.63) is 63.4 Å². The van der Waals surface area contributed by atoms with Crippen LogP contribution in [0.15, 0.2) is 52.4 Å². The number of ether oxygens (including phenoxy) is 1. The Kier molecular flexibility index (Phi) is 8.04. The minimum Gasteiger partial charge on any atom is -0.385 e. The molecular formula is C22H21ClF3N3O3S.